The average Bonchev–Trinajstić information content (AvgIpc) is 2.63. The van der Waals surface area contributed by atoms with Crippen LogP contribution in [0.4, 0.5) is 0 Å². The zero-order valence-electron chi connectivity index (χ0n) is 15.3. The molecule has 0 bridgehead atoms. The summed E-state index contributed by atoms with van der Waals surface area (Å²) in [5.41, 5.74) is 0. The molecule has 0 radical (unpaired) electrons. The van der Waals surface area contributed by atoms with Gasteiger partial charge in [-0.1, -0.05) is 38.7 Å². The molecule has 1 heteroatoms. The van der Waals surface area contributed by atoms with Crippen molar-refractivity contribution in [3.05, 3.63) is 12.7 Å². The van der Waals surface area contributed by atoms with Gasteiger partial charge in [0.1, 0.15) is 0 Å². The van der Waals surface area contributed by atoms with Crippen LogP contribution in [0.3, 0.4) is 0 Å². The Bertz CT molecular complexity index is 339. The third kappa shape index (κ3) is 4.62. The first-order valence-electron chi connectivity index (χ1n) is 10.5. The minimum atomic E-state index is 0.577. The molecule has 23 heavy (non-hydrogen) atoms. The van der Waals surface area contributed by atoms with Gasteiger partial charge in [-0.25, -0.2) is 0 Å². The molecule has 132 valence electrons. The first kappa shape index (κ1) is 17.5. The van der Waals surface area contributed by atoms with Gasteiger partial charge in [0.2, 0.25) is 0 Å². The Labute approximate surface area is 144 Å². The van der Waals surface area contributed by atoms with Crippen molar-refractivity contribution >= 4 is 0 Å². The van der Waals surface area contributed by atoms with E-state index < -0.39 is 0 Å². The normalized spacial score (nSPS) is 42.3. The molecule has 3 fully saturated rings. The lowest BCUT2D eigenvalue weighted by Gasteiger charge is -2.41. The second-order valence-electron chi connectivity index (χ2n) is 8.69. The third-order valence-electron chi connectivity index (χ3n) is 7.28. The maximum atomic E-state index is 6.40. The van der Waals surface area contributed by atoms with Crippen molar-refractivity contribution < 1.29 is 4.74 Å². The van der Waals surface area contributed by atoms with E-state index in [-0.39, 0.29) is 0 Å². The lowest BCUT2D eigenvalue weighted by atomic mass is 9.71. The lowest BCUT2D eigenvalue weighted by Crippen LogP contribution is -2.37. The Morgan fingerprint density at radius 3 is 2.04 bits per heavy atom. The predicted octanol–water partition coefficient (Wildman–Crippen LogP) is 6.38. The molecule has 1 heterocycles. The Morgan fingerprint density at radius 2 is 1.48 bits per heavy atom. The van der Waals surface area contributed by atoms with Gasteiger partial charge in [-0.3, -0.25) is 0 Å². The second-order valence-corrected chi connectivity index (χ2v) is 8.69. The molecule has 3 aliphatic rings. The molecule has 3 rings (SSSR count). The van der Waals surface area contributed by atoms with Gasteiger partial charge in [0, 0.05) is 0 Å². The first-order chi connectivity index (χ1) is 11.3. The third-order valence-corrected chi connectivity index (χ3v) is 7.28. The van der Waals surface area contributed by atoms with Gasteiger partial charge < -0.3 is 4.74 Å². The standard InChI is InChI=1S/C22H38O/c1-3-5-18-8-10-19(11-9-18)21-14-15-22(23-16-21)20-12-6-17(4-2)7-13-20/h4,17-22H,2-3,5-16H2,1H3. The molecule has 1 aliphatic heterocycles. The number of hydrogen-bond acceptors (Lipinski definition) is 1. The van der Waals surface area contributed by atoms with Gasteiger partial charge >= 0.3 is 0 Å². The molecule has 0 aromatic rings. The van der Waals surface area contributed by atoms with Crippen LogP contribution in [0.15, 0.2) is 12.7 Å². The molecule has 2 saturated carbocycles. The van der Waals surface area contributed by atoms with Crippen LogP contribution in [0.2, 0.25) is 0 Å². The quantitative estimate of drug-likeness (QED) is 0.534. The first-order valence-corrected chi connectivity index (χ1v) is 10.5. The topological polar surface area (TPSA) is 9.23 Å². The van der Waals surface area contributed by atoms with Gasteiger partial charge in [0.15, 0.2) is 0 Å². The smallest absolute Gasteiger partial charge is 0.0603 e. The van der Waals surface area contributed by atoms with Crippen molar-refractivity contribution in [2.24, 2.45) is 29.6 Å². The van der Waals surface area contributed by atoms with Crippen LogP contribution in [-0.4, -0.2) is 12.7 Å². The number of allylic oxidation sites excluding steroid dienone is 1. The highest BCUT2D eigenvalue weighted by Crippen LogP contribution is 2.41. The van der Waals surface area contributed by atoms with Gasteiger partial charge in [-0.05, 0) is 81.0 Å². The number of ether oxygens (including phenoxy) is 1. The van der Waals surface area contributed by atoms with E-state index in [2.05, 4.69) is 19.6 Å². The highest BCUT2D eigenvalue weighted by atomic mass is 16.5. The highest BCUT2D eigenvalue weighted by Gasteiger charge is 2.34. The Balaban J connectivity index is 1.38. The maximum absolute atomic E-state index is 6.40. The largest absolute Gasteiger partial charge is 0.378 e. The van der Waals surface area contributed by atoms with E-state index in [1.807, 2.05) is 0 Å². The highest BCUT2D eigenvalue weighted by molar-refractivity contribution is 4.88. The fraction of sp³-hybridized carbons (Fsp3) is 0.909. The molecule has 0 aromatic heterocycles. The van der Waals surface area contributed by atoms with Gasteiger partial charge in [0.05, 0.1) is 12.7 Å². The number of hydrogen-bond donors (Lipinski definition) is 0. The van der Waals surface area contributed by atoms with Crippen LogP contribution in [0, 0.1) is 29.6 Å². The van der Waals surface area contributed by atoms with Gasteiger partial charge in [-0.15, -0.1) is 6.58 Å². The molecule has 1 nitrogen and oxygen atoms in total. The molecule has 1 saturated heterocycles. The molecule has 0 N–H and O–H groups in total. The van der Waals surface area contributed by atoms with E-state index in [4.69, 9.17) is 4.74 Å². The summed E-state index contributed by atoms with van der Waals surface area (Å²) in [7, 11) is 0. The zero-order valence-corrected chi connectivity index (χ0v) is 15.3. The van der Waals surface area contributed by atoms with E-state index in [0.29, 0.717) is 6.10 Å². The van der Waals surface area contributed by atoms with Crippen LogP contribution in [0.25, 0.3) is 0 Å². The molecule has 2 aliphatic carbocycles. The summed E-state index contributed by atoms with van der Waals surface area (Å²) in [6, 6.07) is 0. The summed E-state index contributed by atoms with van der Waals surface area (Å²) in [5.74, 6) is 4.50. The second kappa shape index (κ2) is 8.70. The molecule has 0 aromatic carbocycles. The van der Waals surface area contributed by atoms with Crippen molar-refractivity contribution in [3.8, 4) is 0 Å². The van der Waals surface area contributed by atoms with Crippen LogP contribution < -0.4 is 0 Å². The summed E-state index contributed by atoms with van der Waals surface area (Å²) in [4.78, 5) is 0. The van der Waals surface area contributed by atoms with Crippen LogP contribution in [0.5, 0.6) is 0 Å². The molecule has 2 atom stereocenters. The molecular formula is C22H38O. The van der Waals surface area contributed by atoms with Crippen LogP contribution in [0.1, 0.15) is 84.0 Å². The summed E-state index contributed by atoms with van der Waals surface area (Å²) >= 11 is 0. The molecule has 0 amide bonds. The minimum absolute atomic E-state index is 0.577. The van der Waals surface area contributed by atoms with Crippen molar-refractivity contribution in [2.75, 3.05) is 6.61 Å². The molecular weight excluding hydrogens is 280 g/mol. The SMILES string of the molecule is C=CC1CCC(C2CCC(C3CCC(CCC)CC3)CO2)CC1. The van der Waals surface area contributed by atoms with Crippen molar-refractivity contribution in [1.82, 2.24) is 0 Å². The molecule has 0 spiro atoms. The van der Waals surface area contributed by atoms with E-state index in [1.165, 1.54) is 77.0 Å². The van der Waals surface area contributed by atoms with E-state index in [0.717, 1.165) is 36.2 Å². The maximum Gasteiger partial charge on any atom is 0.0603 e. The van der Waals surface area contributed by atoms with Crippen molar-refractivity contribution in [1.29, 1.82) is 0 Å². The summed E-state index contributed by atoms with van der Waals surface area (Å²) in [6.07, 6.45) is 19.7. The average molecular weight is 319 g/mol. The molecule has 2 unspecified atom stereocenters. The monoisotopic (exact) mass is 318 g/mol. The summed E-state index contributed by atoms with van der Waals surface area (Å²) < 4.78 is 6.40. The Hall–Kier alpha value is -0.300. The van der Waals surface area contributed by atoms with Crippen LogP contribution in [-0.2, 0) is 4.74 Å². The van der Waals surface area contributed by atoms with E-state index >= 15 is 0 Å². The number of rotatable bonds is 5. The van der Waals surface area contributed by atoms with Gasteiger partial charge in [0.25, 0.3) is 0 Å². The van der Waals surface area contributed by atoms with E-state index in [1.54, 1.807) is 0 Å². The van der Waals surface area contributed by atoms with Crippen molar-refractivity contribution in [3.63, 3.8) is 0 Å². The Morgan fingerprint density at radius 1 is 0.826 bits per heavy atom. The summed E-state index contributed by atoms with van der Waals surface area (Å²) in [6.45, 7) is 7.37. The zero-order chi connectivity index (χ0) is 16.1. The fourth-order valence-corrected chi connectivity index (χ4v) is 5.64. The summed E-state index contributed by atoms with van der Waals surface area (Å²) in [5, 5.41) is 0. The van der Waals surface area contributed by atoms with Crippen LogP contribution >= 0.6 is 0 Å². The Kier molecular flexibility index (Phi) is 6.62. The van der Waals surface area contributed by atoms with E-state index in [9.17, 15) is 0 Å². The van der Waals surface area contributed by atoms with Crippen molar-refractivity contribution in [2.45, 2.75) is 90.1 Å². The fourth-order valence-electron chi connectivity index (χ4n) is 5.64. The lowest BCUT2D eigenvalue weighted by molar-refractivity contribution is -0.0730. The predicted molar refractivity (Wildman–Crippen MR) is 98.5 cm³/mol. The van der Waals surface area contributed by atoms with Gasteiger partial charge in [-0.2, -0.15) is 0 Å². The minimum Gasteiger partial charge on any atom is -0.378 e.